The van der Waals surface area contributed by atoms with E-state index in [0.717, 1.165) is 0 Å². The molecule has 14 nitrogen and oxygen atoms in total. The molecule has 0 spiro atoms. The summed E-state index contributed by atoms with van der Waals surface area (Å²) < 4.78 is 74.2. The number of alkyl halides is 3. The number of benzene rings is 1. The number of carbonyl (C=O) groups is 1. The highest BCUT2D eigenvalue weighted by Crippen LogP contribution is 2.52. The average molecular weight is 663 g/mol. The van der Waals surface area contributed by atoms with Crippen molar-refractivity contribution in [2.45, 2.75) is 32.2 Å². The van der Waals surface area contributed by atoms with Gasteiger partial charge >= 0.3 is 13.8 Å². The number of nitrogens with zero attached hydrogens (tertiary/aromatic N) is 5. The molecular weight excluding hydrogens is 632 g/mol. The minimum absolute atomic E-state index is 0.0471. The van der Waals surface area contributed by atoms with E-state index in [0.29, 0.717) is 41.7 Å². The number of nitrogens with one attached hydrogen (secondary N) is 3. The zero-order valence-corrected chi connectivity index (χ0v) is 25.8. The molecule has 0 aliphatic carbocycles. The third-order valence-corrected chi connectivity index (χ3v) is 8.60. The molecule has 8 bridgehead atoms. The normalized spacial score (nSPS) is 16.9. The van der Waals surface area contributed by atoms with E-state index in [2.05, 4.69) is 36.2 Å². The predicted molar refractivity (Wildman–Crippen MR) is 160 cm³/mol. The standard InChI is InChI=1S/C28H30F3N8O6P/c1-4-44-46(41)16-17-6-7-21(23(12-17)42-2)36-27-32-14-19(28(29,30)31)25(37-27)35-22-9-8-20(34-24(22)26(40)38-43-3)18-13-33-39(15-18)10-5-11-45-46/h6-9,12-15H,4-5,10-11,16H2,1-3H3,(H,38,40)(H2,32,35,36,37)/t46-/m1/s1. The van der Waals surface area contributed by atoms with Crippen LogP contribution >= 0.6 is 7.60 Å². The molecule has 0 radical (unpaired) electrons. The summed E-state index contributed by atoms with van der Waals surface area (Å²) in [5.41, 5.74) is 2.33. The van der Waals surface area contributed by atoms with E-state index in [1.54, 1.807) is 36.0 Å². The van der Waals surface area contributed by atoms with E-state index in [9.17, 15) is 22.5 Å². The molecule has 3 aromatic heterocycles. The molecule has 0 saturated carbocycles. The number of anilines is 4. The van der Waals surface area contributed by atoms with Crippen molar-refractivity contribution in [3.8, 4) is 17.0 Å². The Morgan fingerprint density at radius 2 is 1.93 bits per heavy atom. The van der Waals surface area contributed by atoms with Gasteiger partial charge in [-0.05, 0) is 43.2 Å². The first kappa shape index (κ1) is 32.8. The Bertz CT molecular complexity index is 1770. The van der Waals surface area contributed by atoms with Crippen molar-refractivity contribution in [3.05, 3.63) is 65.7 Å². The van der Waals surface area contributed by atoms with Crippen LogP contribution in [0.25, 0.3) is 11.3 Å². The third kappa shape index (κ3) is 7.62. The molecule has 4 aliphatic heterocycles. The SMILES string of the molecule is CCO[P@]1(=O)Cc2ccc(c(OC)c2)Nc2ncc(C(F)(F)F)c(n2)Nc2ccc(nc2C(=O)NOC)-c2cnn(c2)CCCO1. The molecule has 7 heterocycles. The molecule has 4 aromatic rings. The Morgan fingerprint density at radius 3 is 2.67 bits per heavy atom. The van der Waals surface area contributed by atoms with Gasteiger partial charge in [-0.3, -0.25) is 18.9 Å². The van der Waals surface area contributed by atoms with E-state index < -0.39 is 31.1 Å². The number of halogens is 3. The van der Waals surface area contributed by atoms with Crippen LogP contribution in [0.5, 0.6) is 5.75 Å². The second-order valence-corrected chi connectivity index (χ2v) is 11.9. The first-order valence-electron chi connectivity index (χ1n) is 13.9. The molecule has 8 rings (SSSR count). The van der Waals surface area contributed by atoms with Crippen molar-refractivity contribution in [1.29, 1.82) is 0 Å². The quantitative estimate of drug-likeness (QED) is 0.177. The van der Waals surface area contributed by atoms with Gasteiger partial charge < -0.3 is 24.4 Å². The lowest BCUT2D eigenvalue weighted by Crippen LogP contribution is -2.24. The fourth-order valence-electron chi connectivity index (χ4n) is 4.56. The maximum atomic E-state index is 14.1. The summed E-state index contributed by atoms with van der Waals surface area (Å²) in [7, 11) is -0.954. The summed E-state index contributed by atoms with van der Waals surface area (Å²) >= 11 is 0. The van der Waals surface area contributed by atoms with Crippen molar-refractivity contribution in [2.24, 2.45) is 0 Å². The maximum Gasteiger partial charge on any atom is 0.421 e. The second-order valence-electron chi connectivity index (χ2n) is 9.83. The van der Waals surface area contributed by atoms with Gasteiger partial charge in [0.15, 0.2) is 5.69 Å². The first-order chi connectivity index (χ1) is 22.0. The van der Waals surface area contributed by atoms with Crippen LogP contribution in [0, 0.1) is 0 Å². The van der Waals surface area contributed by atoms with Crippen LogP contribution in [0.1, 0.15) is 35.0 Å². The van der Waals surface area contributed by atoms with E-state index in [-0.39, 0.29) is 42.5 Å². The molecule has 18 heteroatoms. The zero-order valence-electron chi connectivity index (χ0n) is 24.9. The maximum absolute atomic E-state index is 14.1. The van der Waals surface area contributed by atoms with Crippen LogP contribution in [0.15, 0.2) is 48.9 Å². The summed E-state index contributed by atoms with van der Waals surface area (Å²) in [4.78, 5) is 30.0. The lowest BCUT2D eigenvalue weighted by Gasteiger charge is -2.19. The van der Waals surface area contributed by atoms with Gasteiger partial charge in [-0.2, -0.15) is 23.3 Å². The molecule has 1 amide bonds. The Labute approximate surface area is 261 Å². The molecule has 1 atom stereocenters. The third-order valence-electron chi connectivity index (χ3n) is 6.62. The Hall–Kier alpha value is -4.57. The van der Waals surface area contributed by atoms with Gasteiger partial charge in [0.05, 0.1) is 56.9 Å². The Morgan fingerprint density at radius 1 is 1.13 bits per heavy atom. The molecule has 46 heavy (non-hydrogen) atoms. The van der Waals surface area contributed by atoms with Crippen LogP contribution in [0.2, 0.25) is 0 Å². The minimum atomic E-state index is -4.85. The molecule has 3 N–H and O–H groups in total. The number of aromatic nitrogens is 5. The summed E-state index contributed by atoms with van der Waals surface area (Å²) in [5.74, 6) is -1.41. The summed E-state index contributed by atoms with van der Waals surface area (Å²) in [6.45, 7) is 2.39. The number of pyridine rings is 1. The van der Waals surface area contributed by atoms with Crippen molar-refractivity contribution < 1.29 is 41.2 Å². The van der Waals surface area contributed by atoms with E-state index in [4.69, 9.17) is 18.6 Å². The smallest absolute Gasteiger partial charge is 0.421 e. The van der Waals surface area contributed by atoms with Crippen molar-refractivity contribution >= 4 is 36.6 Å². The highest BCUT2D eigenvalue weighted by Gasteiger charge is 2.36. The minimum Gasteiger partial charge on any atom is -0.495 e. The number of aryl methyl sites for hydroxylation is 1. The Balaban J connectivity index is 1.62. The number of hydrogen-bond acceptors (Lipinski definition) is 12. The largest absolute Gasteiger partial charge is 0.495 e. The van der Waals surface area contributed by atoms with Gasteiger partial charge in [0, 0.05) is 24.5 Å². The van der Waals surface area contributed by atoms with Crippen LogP contribution in [0.3, 0.4) is 0 Å². The monoisotopic (exact) mass is 662 g/mol. The summed E-state index contributed by atoms with van der Waals surface area (Å²) in [6, 6.07) is 7.74. The lowest BCUT2D eigenvalue weighted by molar-refractivity contribution is -0.137. The number of ether oxygens (including phenoxy) is 1. The van der Waals surface area contributed by atoms with Crippen molar-refractivity contribution in [2.75, 3.05) is 38.1 Å². The van der Waals surface area contributed by atoms with E-state index in [1.807, 2.05) is 0 Å². The summed E-state index contributed by atoms with van der Waals surface area (Å²) in [5, 5.41) is 9.78. The van der Waals surface area contributed by atoms with Crippen LogP contribution in [0.4, 0.5) is 36.3 Å². The molecule has 0 saturated heterocycles. The van der Waals surface area contributed by atoms with Gasteiger partial charge in [0.25, 0.3) is 5.91 Å². The molecular formula is C28H30F3N8O6P. The Kier molecular flexibility index (Phi) is 9.86. The fourth-order valence-corrected chi connectivity index (χ4v) is 6.26. The topological polar surface area (TPSA) is 164 Å². The molecule has 244 valence electrons. The number of methoxy groups -OCH3 is 1. The van der Waals surface area contributed by atoms with Gasteiger partial charge in [0.2, 0.25) is 5.95 Å². The highest BCUT2D eigenvalue weighted by atomic mass is 31.2. The molecule has 0 fully saturated rings. The number of hydroxylamine groups is 1. The van der Waals surface area contributed by atoms with Crippen LogP contribution in [-0.2, 0) is 37.3 Å². The molecule has 0 unspecified atom stereocenters. The predicted octanol–water partition coefficient (Wildman–Crippen LogP) is 5.69. The van der Waals surface area contributed by atoms with Gasteiger partial charge in [-0.15, -0.1) is 0 Å². The van der Waals surface area contributed by atoms with Gasteiger partial charge in [0.1, 0.15) is 17.1 Å². The van der Waals surface area contributed by atoms with Crippen LogP contribution in [-0.4, -0.2) is 58.1 Å². The number of amides is 1. The first-order valence-corrected chi connectivity index (χ1v) is 15.6. The van der Waals surface area contributed by atoms with Crippen LogP contribution < -0.4 is 20.9 Å². The summed E-state index contributed by atoms with van der Waals surface area (Å²) in [6.07, 6.45) is -0.637. The van der Waals surface area contributed by atoms with Gasteiger partial charge in [-0.1, -0.05) is 6.07 Å². The average Bonchev–Trinajstić information content (AvgIpc) is 3.49. The molecule has 4 aliphatic rings. The highest BCUT2D eigenvalue weighted by molar-refractivity contribution is 7.53. The number of carbonyl (C=O) groups excluding carboxylic acids is 1. The number of hydrogen-bond donors (Lipinski definition) is 3. The zero-order chi connectivity index (χ0) is 32.9. The lowest BCUT2D eigenvalue weighted by atomic mass is 10.2. The van der Waals surface area contributed by atoms with E-state index >= 15 is 0 Å². The van der Waals surface area contributed by atoms with Crippen molar-refractivity contribution in [3.63, 3.8) is 0 Å². The van der Waals surface area contributed by atoms with Crippen molar-refractivity contribution in [1.82, 2.24) is 30.2 Å². The second kappa shape index (κ2) is 13.8. The molecule has 1 aromatic carbocycles. The fraction of sp³-hybridized carbons (Fsp3) is 0.321. The van der Waals surface area contributed by atoms with E-state index in [1.165, 1.54) is 32.5 Å². The van der Waals surface area contributed by atoms with Gasteiger partial charge in [-0.25, -0.2) is 15.4 Å². The number of rotatable bonds is 5.